The number of carbonyl (C=O) groups excluding carboxylic acids is 4. The Bertz CT molecular complexity index is 1760. The quantitative estimate of drug-likeness (QED) is 0.0859. The summed E-state index contributed by atoms with van der Waals surface area (Å²) in [6, 6.07) is 20.8. The first-order valence-corrected chi connectivity index (χ1v) is 16.2. The van der Waals surface area contributed by atoms with Crippen LogP contribution in [0, 0.1) is 0 Å². The molecule has 47 heavy (non-hydrogen) atoms. The van der Waals surface area contributed by atoms with Gasteiger partial charge in [0.2, 0.25) is 5.91 Å². The number of rotatable bonds is 14. The zero-order chi connectivity index (χ0) is 33.8. The van der Waals surface area contributed by atoms with Gasteiger partial charge in [-0.3, -0.25) is 19.2 Å². The minimum Gasteiger partial charge on any atom is -0.493 e. The van der Waals surface area contributed by atoms with Crippen molar-refractivity contribution >= 4 is 63.7 Å². The van der Waals surface area contributed by atoms with Gasteiger partial charge < -0.3 is 30.2 Å². The normalized spacial score (nSPS) is 11.6. The van der Waals surface area contributed by atoms with Crippen LogP contribution in [-0.2, 0) is 25.5 Å². The molecule has 13 heteroatoms. The van der Waals surface area contributed by atoms with Gasteiger partial charge in [0, 0.05) is 27.1 Å². The summed E-state index contributed by atoms with van der Waals surface area (Å²) in [4.78, 5) is 56.3. The Hall–Kier alpha value is -5.14. The van der Waals surface area contributed by atoms with Gasteiger partial charge in [-0.1, -0.05) is 36.4 Å². The van der Waals surface area contributed by atoms with Gasteiger partial charge in [0.05, 0.1) is 38.2 Å². The third kappa shape index (κ3) is 9.92. The first-order chi connectivity index (χ1) is 22.7. The van der Waals surface area contributed by atoms with Crippen LogP contribution in [0.1, 0.15) is 35.5 Å². The molecule has 11 nitrogen and oxygen atoms in total. The number of carbonyl (C=O) groups is 4. The number of esters is 1. The molecule has 0 aliphatic carbocycles. The molecule has 1 heterocycles. The number of thioether (sulfide) groups is 1. The molecule has 0 aliphatic heterocycles. The number of amides is 3. The van der Waals surface area contributed by atoms with Crippen molar-refractivity contribution < 1.29 is 33.4 Å². The predicted octanol–water partition coefficient (Wildman–Crippen LogP) is 5.79. The van der Waals surface area contributed by atoms with Crippen molar-refractivity contribution in [3.8, 4) is 11.5 Å². The second-order valence-corrected chi connectivity index (χ2v) is 12.1. The molecular formula is C34H34N4O7S2. The standard InChI is InChI=1S/C34H34N4O7S2/c1-5-45-29(39)19-25-20-46-34(36-25)38-31(40)21(2)47-26-15-10-14-24(18-26)35-33(42)27(37-32(41)22-11-7-6-8-12-22)17-23-13-9-16-28(43-3)30(23)44-4/h6-18,20-21H,5,19H2,1-4H3,(H,35,42)(H,37,41)(H,36,38,40)/b27-17+. The summed E-state index contributed by atoms with van der Waals surface area (Å²) in [6.07, 6.45) is 1.54. The number of aromatic nitrogens is 1. The van der Waals surface area contributed by atoms with Crippen molar-refractivity contribution in [2.75, 3.05) is 31.5 Å². The highest BCUT2D eigenvalue weighted by atomic mass is 32.2. The highest BCUT2D eigenvalue weighted by Crippen LogP contribution is 2.32. The molecule has 0 spiro atoms. The maximum atomic E-state index is 13.6. The van der Waals surface area contributed by atoms with Gasteiger partial charge in [0.15, 0.2) is 16.6 Å². The minimum absolute atomic E-state index is 0.0259. The molecule has 0 saturated heterocycles. The van der Waals surface area contributed by atoms with Crippen molar-refractivity contribution in [2.45, 2.75) is 30.4 Å². The molecule has 3 N–H and O–H groups in total. The van der Waals surface area contributed by atoms with Crippen LogP contribution in [0.5, 0.6) is 11.5 Å². The van der Waals surface area contributed by atoms with Crippen LogP contribution in [0.25, 0.3) is 6.08 Å². The monoisotopic (exact) mass is 674 g/mol. The van der Waals surface area contributed by atoms with Gasteiger partial charge in [-0.2, -0.15) is 0 Å². The summed E-state index contributed by atoms with van der Waals surface area (Å²) in [5.41, 5.74) is 1.84. The highest BCUT2D eigenvalue weighted by molar-refractivity contribution is 8.00. The number of hydrogen-bond acceptors (Lipinski definition) is 10. The highest BCUT2D eigenvalue weighted by Gasteiger charge is 2.20. The average Bonchev–Trinajstić information content (AvgIpc) is 3.50. The van der Waals surface area contributed by atoms with Crippen molar-refractivity contribution in [3.05, 3.63) is 101 Å². The zero-order valence-electron chi connectivity index (χ0n) is 26.2. The van der Waals surface area contributed by atoms with Crippen molar-refractivity contribution in [1.29, 1.82) is 0 Å². The molecule has 1 unspecified atom stereocenters. The Kier molecular flexibility index (Phi) is 12.5. The summed E-state index contributed by atoms with van der Waals surface area (Å²) in [6.45, 7) is 3.77. The van der Waals surface area contributed by atoms with E-state index < -0.39 is 17.1 Å². The van der Waals surface area contributed by atoms with Gasteiger partial charge in [0.25, 0.3) is 11.8 Å². The van der Waals surface area contributed by atoms with E-state index in [2.05, 4.69) is 20.9 Å². The zero-order valence-corrected chi connectivity index (χ0v) is 27.8. The molecule has 0 radical (unpaired) electrons. The molecule has 4 rings (SSSR count). The fraction of sp³-hybridized carbons (Fsp3) is 0.206. The molecular weight excluding hydrogens is 641 g/mol. The Labute approximate surface area is 280 Å². The first kappa shape index (κ1) is 34.7. The second kappa shape index (κ2) is 17.0. The first-order valence-electron chi connectivity index (χ1n) is 14.5. The number of ether oxygens (including phenoxy) is 3. The van der Waals surface area contributed by atoms with E-state index in [0.717, 1.165) is 4.90 Å². The van der Waals surface area contributed by atoms with Crippen LogP contribution in [0.4, 0.5) is 10.8 Å². The maximum Gasteiger partial charge on any atom is 0.311 e. The number of nitrogens with zero attached hydrogens (tertiary/aromatic N) is 1. The number of anilines is 2. The Morgan fingerprint density at radius 3 is 2.45 bits per heavy atom. The Balaban J connectivity index is 1.48. The summed E-state index contributed by atoms with van der Waals surface area (Å²) in [7, 11) is 3.00. The van der Waals surface area contributed by atoms with Crippen LogP contribution in [0.15, 0.2) is 88.8 Å². The molecule has 0 fully saturated rings. The molecule has 0 bridgehead atoms. The lowest BCUT2D eigenvalue weighted by molar-refractivity contribution is -0.142. The smallest absolute Gasteiger partial charge is 0.311 e. The number of hydrogen-bond donors (Lipinski definition) is 3. The van der Waals surface area contributed by atoms with Crippen LogP contribution in [0.2, 0.25) is 0 Å². The van der Waals surface area contributed by atoms with E-state index in [1.807, 2.05) is 6.07 Å². The fourth-order valence-electron chi connectivity index (χ4n) is 4.24. The average molecular weight is 675 g/mol. The van der Waals surface area contributed by atoms with E-state index in [1.165, 1.54) is 43.4 Å². The van der Waals surface area contributed by atoms with Gasteiger partial charge in [-0.25, -0.2) is 4.98 Å². The summed E-state index contributed by atoms with van der Waals surface area (Å²) in [5.74, 6) is -0.839. The summed E-state index contributed by atoms with van der Waals surface area (Å²) < 4.78 is 15.9. The van der Waals surface area contributed by atoms with Crippen molar-refractivity contribution in [2.24, 2.45) is 0 Å². The number of nitrogens with one attached hydrogen (secondary N) is 3. The lowest BCUT2D eigenvalue weighted by Crippen LogP contribution is -2.30. The van der Waals surface area contributed by atoms with E-state index >= 15 is 0 Å². The molecule has 1 aromatic heterocycles. The third-order valence-corrected chi connectivity index (χ3v) is 8.35. The molecule has 3 amide bonds. The van der Waals surface area contributed by atoms with Gasteiger partial charge in [0.1, 0.15) is 5.70 Å². The largest absolute Gasteiger partial charge is 0.493 e. The summed E-state index contributed by atoms with van der Waals surface area (Å²) >= 11 is 2.51. The minimum atomic E-state index is -0.575. The molecule has 4 aromatic rings. The van der Waals surface area contributed by atoms with E-state index in [0.29, 0.717) is 39.1 Å². The molecule has 244 valence electrons. The fourth-order valence-corrected chi connectivity index (χ4v) is 5.88. The van der Waals surface area contributed by atoms with Gasteiger partial charge in [-0.05, 0) is 56.3 Å². The van der Waals surface area contributed by atoms with E-state index in [4.69, 9.17) is 14.2 Å². The SMILES string of the molecule is CCOC(=O)Cc1csc(NC(=O)C(C)Sc2cccc(NC(=O)/C(=C\c3cccc(OC)c3OC)NC(=O)c3ccccc3)c2)n1. The van der Waals surface area contributed by atoms with E-state index in [-0.39, 0.29) is 30.6 Å². The van der Waals surface area contributed by atoms with Crippen LogP contribution < -0.4 is 25.4 Å². The van der Waals surface area contributed by atoms with Gasteiger partial charge in [-0.15, -0.1) is 23.1 Å². The molecule has 1 atom stereocenters. The van der Waals surface area contributed by atoms with E-state index in [9.17, 15) is 19.2 Å². The van der Waals surface area contributed by atoms with E-state index in [1.54, 1.807) is 86.0 Å². The molecule has 0 saturated carbocycles. The lowest BCUT2D eigenvalue weighted by Gasteiger charge is -2.15. The van der Waals surface area contributed by atoms with Crippen LogP contribution in [0.3, 0.4) is 0 Å². The summed E-state index contributed by atoms with van der Waals surface area (Å²) in [5, 5.41) is 9.91. The lowest BCUT2D eigenvalue weighted by atomic mass is 10.1. The van der Waals surface area contributed by atoms with Crippen molar-refractivity contribution in [1.82, 2.24) is 10.3 Å². The number of thiazole rings is 1. The van der Waals surface area contributed by atoms with Gasteiger partial charge >= 0.3 is 5.97 Å². The Morgan fingerprint density at radius 1 is 0.957 bits per heavy atom. The van der Waals surface area contributed by atoms with Crippen LogP contribution in [-0.4, -0.2) is 54.8 Å². The number of methoxy groups -OCH3 is 2. The number of para-hydroxylation sites is 1. The second-order valence-electron chi connectivity index (χ2n) is 9.82. The molecule has 0 aliphatic rings. The predicted molar refractivity (Wildman–Crippen MR) is 183 cm³/mol. The Morgan fingerprint density at radius 2 is 1.72 bits per heavy atom. The molecule has 3 aromatic carbocycles. The van der Waals surface area contributed by atoms with Crippen LogP contribution >= 0.6 is 23.1 Å². The number of benzene rings is 3. The third-order valence-electron chi connectivity index (χ3n) is 6.45. The van der Waals surface area contributed by atoms with Crippen molar-refractivity contribution in [3.63, 3.8) is 0 Å². The maximum absolute atomic E-state index is 13.6. The topological polar surface area (TPSA) is 145 Å².